The molecule has 3 heteroatoms. The Morgan fingerprint density at radius 1 is 1.25 bits per heavy atom. The van der Waals surface area contributed by atoms with Gasteiger partial charge in [-0.25, -0.2) is 0 Å². The molecule has 3 nitrogen and oxygen atoms in total. The van der Waals surface area contributed by atoms with Crippen molar-refractivity contribution in [1.29, 1.82) is 0 Å². The van der Waals surface area contributed by atoms with Crippen molar-refractivity contribution in [3.8, 4) is 0 Å². The van der Waals surface area contributed by atoms with Crippen LogP contribution in [-0.4, -0.2) is 47.8 Å². The number of likely N-dealkylation sites (tertiary alicyclic amines) is 1. The van der Waals surface area contributed by atoms with Gasteiger partial charge in [0.25, 0.3) is 0 Å². The van der Waals surface area contributed by atoms with E-state index in [0.29, 0.717) is 6.04 Å². The highest BCUT2D eigenvalue weighted by molar-refractivity contribution is 4.92. The fourth-order valence-corrected chi connectivity index (χ4v) is 3.46. The highest BCUT2D eigenvalue weighted by Gasteiger charge is 2.31. The number of nitrogens with zero attached hydrogens (tertiary/aromatic N) is 1. The van der Waals surface area contributed by atoms with Gasteiger partial charge in [-0.1, -0.05) is 19.8 Å². The van der Waals surface area contributed by atoms with Crippen molar-refractivity contribution in [3.63, 3.8) is 0 Å². The van der Waals surface area contributed by atoms with Crippen LogP contribution >= 0.6 is 0 Å². The van der Waals surface area contributed by atoms with Gasteiger partial charge in [-0.3, -0.25) is 0 Å². The average molecular weight is 282 g/mol. The lowest BCUT2D eigenvalue weighted by atomic mass is 9.94. The smallest absolute Gasteiger partial charge is 0.0610 e. The van der Waals surface area contributed by atoms with Crippen LogP contribution in [0.15, 0.2) is 0 Å². The molecule has 0 aromatic heterocycles. The first kappa shape index (κ1) is 16.3. The molecule has 118 valence electrons. The first-order chi connectivity index (χ1) is 9.65. The van der Waals surface area contributed by atoms with Gasteiger partial charge in [0.1, 0.15) is 0 Å². The van der Waals surface area contributed by atoms with E-state index in [2.05, 4.69) is 24.1 Å². The fraction of sp³-hybridized carbons (Fsp3) is 1.00. The predicted molar refractivity (Wildman–Crippen MR) is 85.0 cm³/mol. The molecule has 20 heavy (non-hydrogen) atoms. The topological polar surface area (TPSA) is 35.5 Å². The normalized spacial score (nSPS) is 27.4. The molecule has 0 spiro atoms. The SMILES string of the molecule is CCC1CCCN(CCCCC(C)(CO)NC2CC2)C1. The van der Waals surface area contributed by atoms with Gasteiger partial charge in [-0.2, -0.15) is 0 Å². The molecular formula is C17H34N2O. The number of aliphatic hydroxyl groups excluding tert-OH is 1. The van der Waals surface area contributed by atoms with Gasteiger partial charge in [-0.15, -0.1) is 0 Å². The van der Waals surface area contributed by atoms with E-state index in [1.54, 1.807) is 0 Å². The Bertz CT molecular complexity index is 280. The number of nitrogens with one attached hydrogen (secondary N) is 1. The molecule has 1 aliphatic heterocycles. The quantitative estimate of drug-likeness (QED) is 0.638. The summed E-state index contributed by atoms with van der Waals surface area (Å²) >= 11 is 0. The highest BCUT2D eigenvalue weighted by Crippen LogP contribution is 2.25. The van der Waals surface area contributed by atoms with Crippen LogP contribution in [0.5, 0.6) is 0 Å². The van der Waals surface area contributed by atoms with Crippen LogP contribution in [0, 0.1) is 5.92 Å². The average Bonchev–Trinajstić information content (AvgIpc) is 3.28. The molecule has 2 aliphatic rings. The van der Waals surface area contributed by atoms with E-state index >= 15 is 0 Å². The van der Waals surface area contributed by atoms with E-state index in [9.17, 15) is 5.11 Å². The number of aliphatic hydroxyl groups is 1. The molecule has 1 aliphatic carbocycles. The lowest BCUT2D eigenvalue weighted by Crippen LogP contribution is -2.47. The van der Waals surface area contributed by atoms with Crippen LogP contribution in [0.1, 0.15) is 65.2 Å². The second kappa shape index (κ2) is 7.77. The molecule has 2 unspecified atom stereocenters. The van der Waals surface area contributed by atoms with Crippen molar-refractivity contribution >= 4 is 0 Å². The Hall–Kier alpha value is -0.120. The minimum Gasteiger partial charge on any atom is -0.394 e. The molecule has 2 rings (SSSR count). The third-order valence-corrected chi connectivity index (χ3v) is 5.11. The van der Waals surface area contributed by atoms with E-state index in [1.165, 1.54) is 64.6 Å². The fourth-order valence-electron chi connectivity index (χ4n) is 3.46. The second-order valence-corrected chi connectivity index (χ2v) is 7.31. The van der Waals surface area contributed by atoms with Gasteiger partial charge in [0.15, 0.2) is 0 Å². The molecule has 2 atom stereocenters. The van der Waals surface area contributed by atoms with Gasteiger partial charge in [0.05, 0.1) is 6.61 Å². The maximum atomic E-state index is 9.60. The maximum Gasteiger partial charge on any atom is 0.0610 e. The minimum absolute atomic E-state index is 0.0466. The Kier molecular flexibility index (Phi) is 6.31. The monoisotopic (exact) mass is 282 g/mol. The number of unbranched alkanes of at least 4 members (excludes halogenated alkanes) is 1. The minimum atomic E-state index is -0.0466. The third kappa shape index (κ3) is 5.34. The van der Waals surface area contributed by atoms with E-state index in [0.717, 1.165) is 12.3 Å². The Morgan fingerprint density at radius 2 is 2.05 bits per heavy atom. The lowest BCUT2D eigenvalue weighted by Gasteiger charge is -2.33. The summed E-state index contributed by atoms with van der Waals surface area (Å²) in [5, 5.41) is 13.2. The molecule has 1 saturated heterocycles. The Labute approximate surface area is 125 Å². The molecule has 0 radical (unpaired) electrons. The van der Waals surface area contributed by atoms with E-state index in [-0.39, 0.29) is 12.1 Å². The Morgan fingerprint density at radius 3 is 2.70 bits per heavy atom. The zero-order chi connectivity index (χ0) is 14.4. The molecular weight excluding hydrogens is 248 g/mol. The molecule has 1 heterocycles. The van der Waals surface area contributed by atoms with Crippen molar-refractivity contribution in [3.05, 3.63) is 0 Å². The molecule has 0 amide bonds. The van der Waals surface area contributed by atoms with E-state index < -0.39 is 0 Å². The number of hydrogen-bond acceptors (Lipinski definition) is 3. The summed E-state index contributed by atoms with van der Waals surface area (Å²) in [4.78, 5) is 2.66. The summed E-state index contributed by atoms with van der Waals surface area (Å²) < 4.78 is 0. The van der Waals surface area contributed by atoms with Crippen molar-refractivity contribution in [2.45, 2.75) is 76.8 Å². The first-order valence-corrected chi connectivity index (χ1v) is 8.76. The summed E-state index contributed by atoms with van der Waals surface area (Å²) in [6.07, 6.45) is 10.3. The Balaban J connectivity index is 1.60. The summed E-state index contributed by atoms with van der Waals surface area (Å²) in [6.45, 7) is 8.64. The molecule has 0 bridgehead atoms. The largest absolute Gasteiger partial charge is 0.394 e. The van der Waals surface area contributed by atoms with Gasteiger partial charge < -0.3 is 15.3 Å². The van der Waals surface area contributed by atoms with Gasteiger partial charge in [-0.05, 0) is 64.5 Å². The molecule has 0 aromatic rings. The van der Waals surface area contributed by atoms with Crippen LogP contribution in [0.3, 0.4) is 0 Å². The zero-order valence-electron chi connectivity index (χ0n) is 13.5. The summed E-state index contributed by atoms with van der Waals surface area (Å²) in [5.41, 5.74) is -0.0466. The predicted octanol–water partition coefficient (Wildman–Crippen LogP) is 2.78. The van der Waals surface area contributed by atoms with Gasteiger partial charge >= 0.3 is 0 Å². The van der Waals surface area contributed by atoms with E-state index in [1.807, 2.05) is 0 Å². The van der Waals surface area contributed by atoms with Crippen LogP contribution in [0.25, 0.3) is 0 Å². The summed E-state index contributed by atoms with van der Waals surface area (Å²) in [5.74, 6) is 0.933. The highest BCUT2D eigenvalue weighted by atomic mass is 16.3. The first-order valence-electron chi connectivity index (χ1n) is 8.76. The standard InChI is InChI=1S/C17H34N2O/c1-3-15-7-6-12-19(13-15)11-5-4-10-17(2,14-20)18-16-8-9-16/h15-16,18,20H,3-14H2,1-2H3. The number of piperidine rings is 1. The van der Waals surface area contributed by atoms with Crippen LogP contribution < -0.4 is 5.32 Å². The van der Waals surface area contributed by atoms with Gasteiger partial charge in [0, 0.05) is 18.1 Å². The van der Waals surface area contributed by atoms with Crippen molar-refractivity contribution in [1.82, 2.24) is 10.2 Å². The van der Waals surface area contributed by atoms with Crippen molar-refractivity contribution < 1.29 is 5.11 Å². The lowest BCUT2D eigenvalue weighted by molar-refractivity contribution is 0.149. The molecule has 1 saturated carbocycles. The zero-order valence-corrected chi connectivity index (χ0v) is 13.5. The molecule has 2 fully saturated rings. The summed E-state index contributed by atoms with van der Waals surface area (Å²) in [7, 11) is 0. The van der Waals surface area contributed by atoms with E-state index in [4.69, 9.17) is 0 Å². The van der Waals surface area contributed by atoms with Crippen LogP contribution in [-0.2, 0) is 0 Å². The van der Waals surface area contributed by atoms with Crippen LogP contribution in [0.4, 0.5) is 0 Å². The maximum absolute atomic E-state index is 9.60. The van der Waals surface area contributed by atoms with Gasteiger partial charge in [0.2, 0.25) is 0 Å². The second-order valence-electron chi connectivity index (χ2n) is 7.31. The number of hydrogen-bond donors (Lipinski definition) is 2. The van der Waals surface area contributed by atoms with Crippen molar-refractivity contribution in [2.24, 2.45) is 5.92 Å². The molecule has 2 N–H and O–H groups in total. The van der Waals surface area contributed by atoms with Crippen LogP contribution in [0.2, 0.25) is 0 Å². The summed E-state index contributed by atoms with van der Waals surface area (Å²) in [6, 6.07) is 0.680. The van der Waals surface area contributed by atoms with Crippen molar-refractivity contribution in [2.75, 3.05) is 26.2 Å². The number of rotatable bonds is 9. The third-order valence-electron chi connectivity index (χ3n) is 5.11. The molecule has 0 aromatic carbocycles.